The molecule has 0 unspecified atom stereocenters. The van der Waals surface area contributed by atoms with E-state index in [-0.39, 0.29) is 0 Å². The topological polar surface area (TPSA) is 96.3 Å². The highest BCUT2D eigenvalue weighted by Crippen LogP contribution is 2.25. The van der Waals surface area contributed by atoms with E-state index < -0.39 is 0 Å². The fourth-order valence-corrected chi connectivity index (χ4v) is 2.47. The van der Waals surface area contributed by atoms with Crippen molar-refractivity contribution < 1.29 is 4.52 Å². The maximum absolute atomic E-state index is 5.34. The smallest absolute Gasteiger partial charge is 0.227 e. The molecule has 0 amide bonds. The Morgan fingerprint density at radius 1 is 1.14 bits per heavy atom. The van der Waals surface area contributed by atoms with Crippen molar-refractivity contribution in [2.75, 3.05) is 0 Å². The van der Waals surface area contributed by atoms with E-state index in [0.29, 0.717) is 24.6 Å². The van der Waals surface area contributed by atoms with Crippen molar-refractivity contribution in [3.05, 3.63) is 48.0 Å². The normalized spacial score (nSPS) is 11.3. The Labute approximate surface area is 125 Å². The Bertz CT molecular complexity index is 919. The largest absolute Gasteiger partial charge is 0.361 e. The summed E-state index contributed by atoms with van der Waals surface area (Å²) in [6.45, 7) is 1.87. The Kier molecular flexibility index (Phi) is 2.96. The zero-order chi connectivity index (χ0) is 14.9. The molecule has 0 saturated carbocycles. The quantitative estimate of drug-likeness (QED) is 0.602. The molecule has 0 spiro atoms. The van der Waals surface area contributed by atoms with Crippen LogP contribution in [0.5, 0.6) is 0 Å². The number of aromatic amines is 2. The van der Waals surface area contributed by atoms with Crippen molar-refractivity contribution in [2.24, 2.45) is 0 Å². The molecule has 0 fully saturated rings. The lowest BCUT2D eigenvalue weighted by Crippen LogP contribution is -1.94. The molecule has 0 radical (unpaired) electrons. The summed E-state index contributed by atoms with van der Waals surface area (Å²) in [4.78, 5) is 11.9. The van der Waals surface area contributed by atoms with E-state index in [0.717, 1.165) is 28.1 Å². The number of nitrogens with zero attached hydrogens (tertiary/aromatic N) is 4. The number of benzene rings is 1. The first-order chi connectivity index (χ1) is 10.8. The summed E-state index contributed by atoms with van der Waals surface area (Å²) in [7, 11) is 0. The number of rotatable bonds is 4. The van der Waals surface area contributed by atoms with Crippen LogP contribution in [0.1, 0.15) is 17.5 Å². The van der Waals surface area contributed by atoms with E-state index in [1.165, 1.54) is 0 Å². The van der Waals surface area contributed by atoms with Gasteiger partial charge in [-0.05, 0) is 19.1 Å². The standard InChI is InChI=1S/C15H14N6O/c1-9-17-13(20-19-9)5-6-14-18-15(21-22-14)11-3-2-4-12-10(11)7-8-16-12/h2-4,7-8,16H,5-6H2,1H3,(H,17,19,20). The molecule has 0 aliphatic carbocycles. The van der Waals surface area contributed by atoms with E-state index in [9.17, 15) is 0 Å². The second-order valence-electron chi connectivity index (χ2n) is 5.09. The molecule has 0 aliphatic rings. The van der Waals surface area contributed by atoms with Gasteiger partial charge in [-0.3, -0.25) is 5.10 Å². The molecule has 0 atom stereocenters. The lowest BCUT2D eigenvalue weighted by atomic mass is 10.1. The van der Waals surface area contributed by atoms with Crippen molar-refractivity contribution >= 4 is 10.9 Å². The molecule has 4 rings (SSSR count). The molecule has 4 aromatic rings. The van der Waals surface area contributed by atoms with Crippen LogP contribution in [0.2, 0.25) is 0 Å². The van der Waals surface area contributed by atoms with Gasteiger partial charge in [0.1, 0.15) is 5.82 Å². The van der Waals surface area contributed by atoms with Crippen molar-refractivity contribution in [2.45, 2.75) is 19.8 Å². The molecule has 1 aromatic carbocycles. The molecule has 3 heterocycles. The molecule has 0 bridgehead atoms. The van der Waals surface area contributed by atoms with Crippen molar-refractivity contribution in [3.63, 3.8) is 0 Å². The average Bonchev–Trinajstić information content (AvgIpc) is 3.25. The number of hydrogen-bond acceptors (Lipinski definition) is 5. The highest BCUT2D eigenvalue weighted by atomic mass is 16.5. The molecule has 0 aliphatic heterocycles. The van der Waals surface area contributed by atoms with Gasteiger partial charge in [0.25, 0.3) is 0 Å². The number of H-pyrrole nitrogens is 2. The number of aromatic nitrogens is 6. The lowest BCUT2D eigenvalue weighted by Gasteiger charge is -1.96. The van der Waals surface area contributed by atoms with Crippen LogP contribution in [0.15, 0.2) is 35.0 Å². The predicted molar refractivity (Wildman–Crippen MR) is 80.1 cm³/mol. The second kappa shape index (κ2) is 5.10. The van der Waals surface area contributed by atoms with Crippen LogP contribution in [-0.4, -0.2) is 30.3 Å². The fraction of sp³-hybridized carbons (Fsp3) is 0.200. The summed E-state index contributed by atoms with van der Waals surface area (Å²) < 4.78 is 5.34. The van der Waals surface area contributed by atoms with Crippen LogP contribution >= 0.6 is 0 Å². The first-order valence-corrected chi connectivity index (χ1v) is 7.06. The van der Waals surface area contributed by atoms with Gasteiger partial charge in [-0.25, -0.2) is 4.98 Å². The molecule has 110 valence electrons. The molecule has 7 nitrogen and oxygen atoms in total. The van der Waals surface area contributed by atoms with Gasteiger partial charge >= 0.3 is 0 Å². The van der Waals surface area contributed by atoms with E-state index in [1.807, 2.05) is 37.4 Å². The van der Waals surface area contributed by atoms with Gasteiger partial charge in [0.05, 0.1) is 0 Å². The molecule has 7 heteroatoms. The summed E-state index contributed by atoms with van der Waals surface area (Å²) >= 11 is 0. The van der Waals surface area contributed by atoms with E-state index in [1.54, 1.807) is 0 Å². The van der Waals surface area contributed by atoms with Gasteiger partial charge in [0, 0.05) is 35.5 Å². The predicted octanol–water partition coefficient (Wildman–Crippen LogP) is 2.43. The first kappa shape index (κ1) is 12.8. The van der Waals surface area contributed by atoms with Gasteiger partial charge in [0.15, 0.2) is 5.82 Å². The molecular weight excluding hydrogens is 280 g/mol. The number of nitrogens with one attached hydrogen (secondary N) is 2. The number of aryl methyl sites for hydroxylation is 3. The Morgan fingerprint density at radius 2 is 2.09 bits per heavy atom. The summed E-state index contributed by atoms with van der Waals surface area (Å²) in [6, 6.07) is 7.99. The highest BCUT2D eigenvalue weighted by Gasteiger charge is 2.12. The van der Waals surface area contributed by atoms with Gasteiger partial charge in [-0.15, -0.1) is 0 Å². The minimum absolute atomic E-state index is 0.588. The first-order valence-electron chi connectivity index (χ1n) is 7.06. The summed E-state index contributed by atoms with van der Waals surface area (Å²) in [5, 5.41) is 12.1. The lowest BCUT2D eigenvalue weighted by molar-refractivity contribution is 0.378. The Hall–Kier alpha value is -2.96. The maximum atomic E-state index is 5.34. The van der Waals surface area contributed by atoms with E-state index >= 15 is 0 Å². The number of hydrogen-bond donors (Lipinski definition) is 2. The van der Waals surface area contributed by atoms with Gasteiger partial charge in [-0.2, -0.15) is 10.1 Å². The molecular formula is C15H14N6O. The van der Waals surface area contributed by atoms with Crippen molar-refractivity contribution in [1.82, 2.24) is 30.3 Å². The summed E-state index contributed by atoms with van der Waals surface area (Å²) in [5.74, 6) is 2.75. The van der Waals surface area contributed by atoms with E-state index in [4.69, 9.17) is 4.52 Å². The fourth-order valence-electron chi connectivity index (χ4n) is 2.47. The minimum Gasteiger partial charge on any atom is -0.361 e. The zero-order valence-corrected chi connectivity index (χ0v) is 12.0. The Morgan fingerprint density at radius 3 is 2.95 bits per heavy atom. The van der Waals surface area contributed by atoms with Crippen LogP contribution < -0.4 is 0 Å². The minimum atomic E-state index is 0.588. The molecule has 22 heavy (non-hydrogen) atoms. The van der Waals surface area contributed by atoms with Crippen LogP contribution in [-0.2, 0) is 12.8 Å². The third-order valence-corrected chi connectivity index (χ3v) is 3.51. The van der Waals surface area contributed by atoms with Crippen LogP contribution in [0, 0.1) is 6.92 Å². The van der Waals surface area contributed by atoms with E-state index in [2.05, 4.69) is 30.3 Å². The summed E-state index contributed by atoms with van der Waals surface area (Å²) in [5.41, 5.74) is 2.02. The SMILES string of the molecule is Cc1nc(CCc2nc(-c3cccc4[nH]ccc34)no2)n[nH]1. The van der Waals surface area contributed by atoms with Crippen molar-refractivity contribution in [1.29, 1.82) is 0 Å². The third kappa shape index (κ3) is 2.26. The highest BCUT2D eigenvalue weighted by molar-refractivity contribution is 5.93. The van der Waals surface area contributed by atoms with Gasteiger partial charge in [0.2, 0.25) is 11.7 Å². The molecule has 3 aromatic heterocycles. The number of fused-ring (bicyclic) bond motifs is 1. The maximum Gasteiger partial charge on any atom is 0.227 e. The van der Waals surface area contributed by atoms with Gasteiger partial charge < -0.3 is 9.51 Å². The average molecular weight is 294 g/mol. The second-order valence-corrected chi connectivity index (χ2v) is 5.09. The Balaban J connectivity index is 1.57. The van der Waals surface area contributed by atoms with Gasteiger partial charge in [-0.1, -0.05) is 17.3 Å². The molecule has 2 N–H and O–H groups in total. The zero-order valence-electron chi connectivity index (χ0n) is 12.0. The summed E-state index contributed by atoms with van der Waals surface area (Å²) in [6.07, 6.45) is 3.19. The van der Waals surface area contributed by atoms with Crippen molar-refractivity contribution in [3.8, 4) is 11.4 Å². The van der Waals surface area contributed by atoms with Crippen LogP contribution in [0.25, 0.3) is 22.3 Å². The third-order valence-electron chi connectivity index (χ3n) is 3.51. The molecule has 0 saturated heterocycles. The van der Waals surface area contributed by atoms with Crippen LogP contribution in [0.3, 0.4) is 0 Å². The van der Waals surface area contributed by atoms with Crippen LogP contribution in [0.4, 0.5) is 0 Å². The monoisotopic (exact) mass is 294 g/mol.